The Kier molecular flexibility index (Phi) is 5.34. The fourth-order valence-electron chi connectivity index (χ4n) is 2.41. The van der Waals surface area contributed by atoms with Crippen molar-refractivity contribution in [3.8, 4) is 0 Å². The molecule has 0 spiro atoms. The van der Waals surface area contributed by atoms with Crippen molar-refractivity contribution >= 4 is 9.84 Å². The fraction of sp³-hybridized carbons (Fsp3) is 0.846. The first-order valence-electron chi connectivity index (χ1n) is 7.35. The largest absolute Gasteiger partial charge is 0.338 e. The molecule has 1 saturated heterocycles. The third-order valence-electron chi connectivity index (χ3n) is 3.89. The SMILES string of the molecule is CCc1noc([C@@H](C)N2CCN(CCS(C)(=O)=O)CC2)n1. The van der Waals surface area contributed by atoms with Gasteiger partial charge in [-0.15, -0.1) is 0 Å². The molecule has 0 amide bonds. The molecule has 0 aromatic carbocycles. The number of piperazine rings is 1. The molecule has 21 heavy (non-hydrogen) atoms. The minimum atomic E-state index is -2.89. The molecular formula is C13H24N4O3S. The van der Waals surface area contributed by atoms with Crippen LogP contribution in [0, 0.1) is 0 Å². The molecule has 1 aromatic rings. The number of nitrogens with zero attached hydrogens (tertiary/aromatic N) is 4. The van der Waals surface area contributed by atoms with Gasteiger partial charge in [-0.2, -0.15) is 4.98 Å². The van der Waals surface area contributed by atoms with Crippen LogP contribution < -0.4 is 0 Å². The summed E-state index contributed by atoms with van der Waals surface area (Å²) in [6.45, 7) is 8.19. The zero-order valence-electron chi connectivity index (χ0n) is 12.9. The van der Waals surface area contributed by atoms with Crippen molar-refractivity contribution in [3.63, 3.8) is 0 Å². The average Bonchev–Trinajstić information content (AvgIpc) is 2.93. The lowest BCUT2D eigenvalue weighted by atomic mass is 10.2. The average molecular weight is 316 g/mol. The van der Waals surface area contributed by atoms with Crippen LogP contribution >= 0.6 is 0 Å². The van der Waals surface area contributed by atoms with Gasteiger partial charge in [0.2, 0.25) is 5.89 Å². The molecule has 0 saturated carbocycles. The van der Waals surface area contributed by atoms with Crippen LogP contribution in [0.3, 0.4) is 0 Å². The van der Waals surface area contributed by atoms with Crippen molar-refractivity contribution in [1.82, 2.24) is 19.9 Å². The first kappa shape index (κ1) is 16.4. The Morgan fingerprint density at radius 3 is 2.48 bits per heavy atom. The predicted molar refractivity (Wildman–Crippen MR) is 79.8 cm³/mol. The second-order valence-corrected chi connectivity index (χ2v) is 7.85. The summed E-state index contributed by atoms with van der Waals surface area (Å²) in [6.07, 6.45) is 2.06. The van der Waals surface area contributed by atoms with Crippen LogP contribution in [-0.2, 0) is 16.3 Å². The lowest BCUT2D eigenvalue weighted by Gasteiger charge is -2.36. The molecule has 7 nitrogen and oxygen atoms in total. The molecule has 8 heteroatoms. The molecule has 120 valence electrons. The van der Waals surface area contributed by atoms with E-state index in [1.165, 1.54) is 6.26 Å². The summed E-state index contributed by atoms with van der Waals surface area (Å²) in [5, 5.41) is 3.93. The second-order valence-electron chi connectivity index (χ2n) is 5.59. The Morgan fingerprint density at radius 2 is 1.95 bits per heavy atom. The highest BCUT2D eigenvalue weighted by atomic mass is 32.2. The highest BCUT2D eigenvalue weighted by Gasteiger charge is 2.25. The summed E-state index contributed by atoms with van der Waals surface area (Å²) >= 11 is 0. The van der Waals surface area contributed by atoms with Gasteiger partial charge >= 0.3 is 0 Å². The number of hydrogen-bond donors (Lipinski definition) is 0. The maximum atomic E-state index is 11.2. The van der Waals surface area contributed by atoms with E-state index in [0.29, 0.717) is 12.4 Å². The number of hydrogen-bond acceptors (Lipinski definition) is 7. The molecule has 2 rings (SSSR count). The van der Waals surface area contributed by atoms with Crippen molar-refractivity contribution in [2.24, 2.45) is 0 Å². The van der Waals surface area contributed by atoms with Gasteiger partial charge in [-0.25, -0.2) is 8.42 Å². The van der Waals surface area contributed by atoms with Gasteiger partial charge in [0.15, 0.2) is 5.82 Å². The van der Waals surface area contributed by atoms with Crippen LogP contribution in [-0.4, -0.2) is 73.1 Å². The maximum absolute atomic E-state index is 11.2. The van der Waals surface area contributed by atoms with E-state index in [-0.39, 0.29) is 11.8 Å². The van der Waals surface area contributed by atoms with E-state index in [4.69, 9.17) is 4.52 Å². The maximum Gasteiger partial charge on any atom is 0.243 e. The van der Waals surface area contributed by atoms with Crippen LogP contribution in [0.15, 0.2) is 4.52 Å². The van der Waals surface area contributed by atoms with Gasteiger partial charge in [0.05, 0.1) is 11.8 Å². The zero-order valence-corrected chi connectivity index (χ0v) is 13.8. The topological polar surface area (TPSA) is 79.5 Å². The summed E-state index contributed by atoms with van der Waals surface area (Å²) in [4.78, 5) is 8.86. The quantitative estimate of drug-likeness (QED) is 0.749. The van der Waals surface area contributed by atoms with E-state index in [0.717, 1.165) is 38.4 Å². The molecule has 1 aromatic heterocycles. The van der Waals surface area contributed by atoms with E-state index < -0.39 is 9.84 Å². The molecule has 1 aliphatic heterocycles. The van der Waals surface area contributed by atoms with Crippen molar-refractivity contribution in [3.05, 3.63) is 11.7 Å². The Morgan fingerprint density at radius 1 is 1.29 bits per heavy atom. The third kappa shape index (κ3) is 4.76. The Bertz CT molecular complexity index is 550. The van der Waals surface area contributed by atoms with Crippen molar-refractivity contribution in [2.45, 2.75) is 26.3 Å². The van der Waals surface area contributed by atoms with Crippen LogP contribution in [0.25, 0.3) is 0 Å². The number of rotatable bonds is 6. The molecule has 0 radical (unpaired) electrons. The van der Waals surface area contributed by atoms with E-state index in [9.17, 15) is 8.42 Å². The van der Waals surface area contributed by atoms with Crippen LogP contribution in [0.1, 0.15) is 31.6 Å². The van der Waals surface area contributed by atoms with Crippen LogP contribution in [0.4, 0.5) is 0 Å². The monoisotopic (exact) mass is 316 g/mol. The Balaban J connectivity index is 1.83. The van der Waals surface area contributed by atoms with Crippen LogP contribution in [0.5, 0.6) is 0 Å². The minimum Gasteiger partial charge on any atom is -0.338 e. The van der Waals surface area contributed by atoms with Gasteiger partial charge in [-0.3, -0.25) is 9.80 Å². The molecule has 0 unspecified atom stereocenters. The smallest absolute Gasteiger partial charge is 0.243 e. The normalized spacial score (nSPS) is 19.8. The molecular weight excluding hydrogens is 292 g/mol. The summed E-state index contributed by atoms with van der Waals surface area (Å²) in [7, 11) is -2.89. The van der Waals surface area contributed by atoms with Crippen molar-refractivity contribution < 1.29 is 12.9 Å². The lowest BCUT2D eigenvalue weighted by molar-refractivity contribution is 0.0917. The summed E-state index contributed by atoms with van der Waals surface area (Å²) in [5.74, 6) is 1.63. The Hall–Kier alpha value is -0.990. The molecule has 0 aliphatic carbocycles. The number of aromatic nitrogens is 2. The standard InChI is InChI=1S/C13H24N4O3S/c1-4-12-14-13(20-15-12)11(2)17-7-5-16(6-8-17)9-10-21(3,18)19/h11H,4-10H2,1-3H3/t11-/m1/s1. The third-order valence-corrected chi connectivity index (χ3v) is 4.81. The molecule has 0 N–H and O–H groups in total. The van der Waals surface area contributed by atoms with E-state index in [1.54, 1.807) is 0 Å². The summed E-state index contributed by atoms with van der Waals surface area (Å²) < 4.78 is 27.7. The van der Waals surface area contributed by atoms with Gasteiger partial charge in [0.25, 0.3) is 0 Å². The molecule has 1 atom stereocenters. The van der Waals surface area contributed by atoms with Gasteiger partial charge < -0.3 is 4.52 Å². The second kappa shape index (κ2) is 6.85. The summed E-state index contributed by atoms with van der Waals surface area (Å²) in [5.41, 5.74) is 0. The van der Waals surface area contributed by atoms with Gasteiger partial charge in [-0.1, -0.05) is 12.1 Å². The number of aryl methyl sites for hydroxylation is 1. The fourth-order valence-corrected chi connectivity index (χ4v) is 3.00. The minimum absolute atomic E-state index is 0.106. The molecule has 1 fully saturated rings. The molecule has 0 bridgehead atoms. The zero-order chi connectivity index (χ0) is 15.5. The first-order chi connectivity index (χ1) is 9.89. The van der Waals surface area contributed by atoms with Gasteiger partial charge in [-0.05, 0) is 6.92 Å². The van der Waals surface area contributed by atoms with Gasteiger partial charge in [0, 0.05) is 45.4 Å². The van der Waals surface area contributed by atoms with Gasteiger partial charge in [0.1, 0.15) is 9.84 Å². The summed E-state index contributed by atoms with van der Waals surface area (Å²) in [6, 6.07) is 0.106. The van der Waals surface area contributed by atoms with Crippen LogP contribution in [0.2, 0.25) is 0 Å². The Labute approximate surface area is 126 Å². The van der Waals surface area contributed by atoms with E-state index >= 15 is 0 Å². The van der Waals surface area contributed by atoms with E-state index in [1.807, 2.05) is 6.92 Å². The number of sulfone groups is 1. The molecule has 2 heterocycles. The molecule has 1 aliphatic rings. The van der Waals surface area contributed by atoms with E-state index in [2.05, 4.69) is 26.9 Å². The lowest BCUT2D eigenvalue weighted by Crippen LogP contribution is -2.48. The van der Waals surface area contributed by atoms with Crippen molar-refractivity contribution in [1.29, 1.82) is 0 Å². The van der Waals surface area contributed by atoms with Crippen molar-refractivity contribution in [2.75, 3.05) is 44.7 Å². The highest BCUT2D eigenvalue weighted by molar-refractivity contribution is 7.90. The predicted octanol–water partition coefficient (Wildman–Crippen LogP) is 0.355. The highest BCUT2D eigenvalue weighted by Crippen LogP contribution is 2.20. The first-order valence-corrected chi connectivity index (χ1v) is 9.41.